The van der Waals surface area contributed by atoms with Crippen LogP contribution >= 0.6 is 0 Å². The van der Waals surface area contributed by atoms with E-state index in [2.05, 4.69) is 0 Å². The Bertz CT molecular complexity index is 997. The molecule has 0 unspecified atom stereocenters. The maximum absolute atomic E-state index is 12.2. The molecule has 0 spiro atoms. The highest BCUT2D eigenvalue weighted by Gasteiger charge is 2.20. The van der Waals surface area contributed by atoms with E-state index in [9.17, 15) is 9.59 Å². The van der Waals surface area contributed by atoms with Gasteiger partial charge in [0.15, 0.2) is 0 Å². The standard InChI is InChI=1S/C20H16O4/c1-12-5-7-13(8-6-12)19(21)23-14-9-10-16-15-3-2-4-17(15)20(22)24-18(16)11-14/h5-11H,2-4H2,1H3. The van der Waals surface area contributed by atoms with E-state index in [0.29, 0.717) is 16.9 Å². The molecule has 0 radical (unpaired) electrons. The highest BCUT2D eigenvalue weighted by Crippen LogP contribution is 2.29. The summed E-state index contributed by atoms with van der Waals surface area (Å²) < 4.78 is 10.8. The van der Waals surface area contributed by atoms with E-state index in [1.807, 2.05) is 25.1 Å². The average molecular weight is 320 g/mol. The highest BCUT2D eigenvalue weighted by atomic mass is 16.5. The van der Waals surface area contributed by atoms with Crippen LogP contribution in [0.5, 0.6) is 5.75 Å². The molecule has 0 saturated heterocycles. The largest absolute Gasteiger partial charge is 0.423 e. The lowest BCUT2D eigenvalue weighted by atomic mass is 10.1. The average Bonchev–Trinajstić information content (AvgIpc) is 3.06. The molecular weight excluding hydrogens is 304 g/mol. The minimum atomic E-state index is -0.433. The van der Waals surface area contributed by atoms with E-state index < -0.39 is 5.97 Å². The van der Waals surface area contributed by atoms with Gasteiger partial charge in [0.2, 0.25) is 0 Å². The maximum atomic E-state index is 12.2. The number of carbonyl (C=O) groups is 1. The fourth-order valence-corrected chi connectivity index (χ4v) is 3.18. The summed E-state index contributed by atoms with van der Waals surface area (Å²) in [5.74, 6) is -0.0629. The van der Waals surface area contributed by atoms with Crippen LogP contribution in [0.1, 0.15) is 33.5 Å². The Hall–Kier alpha value is -2.88. The van der Waals surface area contributed by atoms with Crippen molar-refractivity contribution in [3.8, 4) is 5.75 Å². The molecule has 0 bridgehead atoms. The second-order valence-electron chi connectivity index (χ2n) is 6.11. The number of fused-ring (bicyclic) bond motifs is 3. The van der Waals surface area contributed by atoms with Crippen molar-refractivity contribution in [1.29, 1.82) is 0 Å². The minimum absolute atomic E-state index is 0.281. The predicted molar refractivity (Wildman–Crippen MR) is 90.6 cm³/mol. The number of benzene rings is 2. The maximum Gasteiger partial charge on any atom is 0.343 e. The van der Waals surface area contributed by atoms with Crippen LogP contribution in [-0.2, 0) is 12.8 Å². The smallest absolute Gasteiger partial charge is 0.343 e. The molecule has 0 amide bonds. The van der Waals surface area contributed by atoms with Crippen LogP contribution in [0.15, 0.2) is 51.7 Å². The van der Waals surface area contributed by atoms with E-state index in [-0.39, 0.29) is 5.63 Å². The lowest BCUT2D eigenvalue weighted by Gasteiger charge is -2.07. The molecule has 0 atom stereocenters. The molecule has 2 aromatic carbocycles. The number of hydrogen-bond donors (Lipinski definition) is 0. The van der Waals surface area contributed by atoms with Gasteiger partial charge in [0, 0.05) is 17.0 Å². The van der Waals surface area contributed by atoms with Crippen molar-refractivity contribution in [3.05, 3.63) is 75.1 Å². The van der Waals surface area contributed by atoms with Gasteiger partial charge in [0.25, 0.3) is 0 Å². The molecule has 0 N–H and O–H groups in total. The van der Waals surface area contributed by atoms with Gasteiger partial charge in [-0.05, 0) is 56.0 Å². The Morgan fingerprint density at radius 3 is 2.58 bits per heavy atom. The van der Waals surface area contributed by atoms with Crippen molar-refractivity contribution in [2.45, 2.75) is 26.2 Å². The fourth-order valence-electron chi connectivity index (χ4n) is 3.18. The summed E-state index contributed by atoms with van der Waals surface area (Å²) in [5.41, 5.74) is 3.60. The summed E-state index contributed by atoms with van der Waals surface area (Å²) >= 11 is 0. The predicted octanol–water partition coefficient (Wildman–Crippen LogP) is 3.81. The summed E-state index contributed by atoms with van der Waals surface area (Å²) in [6, 6.07) is 12.4. The number of hydrogen-bond acceptors (Lipinski definition) is 4. The molecule has 4 nitrogen and oxygen atoms in total. The topological polar surface area (TPSA) is 56.5 Å². The second kappa shape index (κ2) is 5.64. The normalized spacial score (nSPS) is 13.0. The van der Waals surface area contributed by atoms with E-state index in [0.717, 1.165) is 41.3 Å². The van der Waals surface area contributed by atoms with Crippen LogP contribution in [-0.4, -0.2) is 5.97 Å². The monoisotopic (exact) mass is 320 g/mol. The number of rotatable bonds is 2. The first-order chi connectivity index (χ1) is 11.6. The first kappa shape index (κ1) is 14.7. The summed E-state index contributed by atoms with van der Waals surface area (Å²) in [6.45, 7) is 1.96. The Morgan fingerprint density at radius 2 is 1.79 bits per heavy atom. The zero-order valence-electron chi connectivity index (χ0n) is 13.3. The van der Waals surface area contributed by atoms with Crippen molar-refractivity contribution in [2.24, 2.45) is 0 Å². The number of ether oxygens (including phenoxy) is 1. The van der Waals surface area contributed by atoms with Crippen LogP contribution < -0.4 is 10.4 Å². The summed E-state index contributed by atoms with van der Waals surface area (Å²) in [5, 5.41) is 0.928. The van der Waals surface area contributed by atoms with Crippen LogP contribution in [0.2, 0.25) is 0 Å². The molecule has 0 fully saturated rings. The third-order valence-corrected chi connectivity index (χ3v) is 4.44. The number of aryl methyl sites for hydroxylation is 2. The zero-order valence-corrected chi connectivity index (χ0v) is 13.3. The molecule has 1 aliphatic carbocycles. The molecule has 120 valence electrons. The lowest BCUT2D eigenvalue weighted by Crippen LogP contribution is -2.09. The van der Waals surface area contributed by atoms with Crippen molar-refractivity contribution in [3.63, 3.8) is 0 Å². The van der Waals surface area contributed by atoms with Crippen LogP contribution in [0, 0.1) is 6.92 Å². The Kier molecular flexibility index (Phi) is 3.45. The molecular formula is C20H16O4. The van der Waals surface area contributed by atoms with Gasteiger partial charge in [-0.2, -0.15) is 0 Å². The first-order valence-electron chi connectivity index (χ1n) is 7.99. The quantitative estimate of drug-likeness (QED) is 0.409. The summed E-state index contributed by atoms with van der Waals surface area (Å²) in [6.07, 6.45) is 2.64. The molecule has 24 heavy (non-hydrogen) atoms. The minimum Gasteiger partial charge on any atom is -0.423 e. The van der Waals surface area contributed by atoms with Gasteiger partial charge in [-0.25, -0.2) is 9.59 Å². The van der Waals surface area contributed by atoms with Gasteiger partial charge < -0.3 is 9.15 Å². The van der Waals surface area contributed by atoms with E-state index in [1.165, 1.54) is 0 Å². The van der Waals surface area contributed by atoms with Gasteiger partial charge in [-0.1, -0.05) is 17.7 Å². The van der Waals surface area contributed by atoms with Crippen molar-refractivity contribution in [2.75, 3.05) is 0 Å². The van der Waals surface area contributed by atoms with E-state index >= 15 is 0 Å². The lowest BCUT2D eigenvalue weighted by molar-refractivity contribution is 0.0735. The van der Waals surface area contributed by atoms with Crippen molar-refractivity contribution >= 4 is 16.9 Å². The molecule has 1 aromatic heterocycles. The molecule has 0 aliphatic heterocycles. The Morgan fingerprint density at radius 1 is 1.04 bits per heavy atom. The Balaban J connectivity index is 1.68. The molecule has 1 heterocycles. The van der Waals surface area contributed by atoms with Gasteiger partial charge in [0.1, 0.15) is 11.3 Å². The Labute approximate surface area is 138 Å². The van der Waals surface area contributed by atoms with Crippen molar-refractivity contribution < 1.29 is 13.9 Å². The SMILES string of the molecule is Cc1ccc(C(=O)Oc2ccc3c4c(c(=O)oc3c2)CCC4)cc1. The fraction of sp³-hybridized carbons (Fsp3) is 0.200. The summed E-state index contributed by atoms with van der Waals surface area (Å²) in [4.78, 5) is 24.2. The van der Waals surface area contributed by atoms with Crippen LogP contribution in [0.4, 0.5) is 0 Å². The summed E-state index contributed by atoms with van der Waals surface area (Å²) in [7, 11) is 0. The molecule has 4 heteroatoms. The first-order valence-corrected chi connectivity index (χ1v) is 7.99. The van der Waals surface area contributed by atoms with Crippen LogP contribution in [0.25, 0.3) is 11.0 Å². The number of esters is 1. The zero-order chi connectivity index (χ0) is 16.7. The van der Waals surface area contributed by atoms with Gasteiger partial charge in [-0.3, -0.25) is 0 Å². The van der Waals surface area contributed by atoms with Gasteiger partial charge in [-0.15, -0.1) is 0 Å². The number of carbonyl (C=O) groups excluding carboxylic acids is 1. The molecule has 3 aromatic rings. The molecule has 1 aliphatic rings. The van der Waals surface area contributed by atoms with Gasteiger partial charge in [0.05, 0.1) is 5.56 Å². The van der Waals surface area contributed by atoms with E-state index in [1.54, 1.807) is 24.3 Å². The highest BCUT2D eigenvalue weighted by molar-refractivity contribution is 5.92. The molecule has 0 saturated carbocycles. The van der Waals surface area contributed by atoms with E-state index in [4.69, 9.17) is 9.15 Å². The van der Waals surface area contributed by atoms with Crippen molar-refractivity contribution in [1.82, 2.24) is 0 Å². The van der Waals surface area contributed by atoms with Crippen LogP contribution in [0.3, 0.4) is 0 Å². The molecule has 4 rings (SSSR count). The third-order valence-electron chi connectivity index (χ3n) is 4.44. The second-order valence-corrected chi connectivity index (χ2v) is 6.11. The third kappa shape index (κ3) is 2.50. The van der Waals surface area contributed by atoms with Gasteiger partial charge >= 0.3 is 11.6 Å².